The van der Waals surface area contributed by atoms with Gasteiger partial charge < -0.3 is 69.0 Å². The third-order valence-corrected chi connectivity index (χ3v) is 0. The fourth-order valence-corrected chi connectivity index (χ4v) is 0. The molecule has 0 atom stereocenters. The molecule has 0 saturated heterocycles. The minimum atomic E-state index is -1.83. The Morgan fingerprint density at radius 3 is 0.375 bits per heavy atom. The van der Waals surface area contributed by atoms with Gasteiger partial charge in [-0.2, -0.15) is 0 Å². The molecule has 0 unspecified atom stereocenters. The van der Waals surface area contributed by atoms with Crippen molar-refractivity contribution in [3.8, 4) is 0 Å². The molecule has 0 spiro atoms. The summed E-state index contributed by atoms with van der Waals surface area (Å²) in [5.74, 6) is 0. The van der Waals surface area contributed by atoms with Crippen molar-refractivity contribution in [2.45, 2.75) is 0 Å². The third kappa shape index (κ3) is 269000. The van der Waals surface area contributed by atoms with Gasteiger partial charge in [-0.1, -0.05) is 0 Å². The van der Waals surface area contributed by atoms with E-state index in [1.54, 1.807) is 0 Å². The summed E-state index contributed by atoms with van der Waals surface area (Å²) in [5, 5.41) is 41.8. The van der Waals surface area contributed by atoms with Crippen LogP contribution in [0, 0.1) is 0 Å². The minimum absolute atomic E-state index is 0. The number of rotatable bonds is 0. The van der Waals surface area contributed by atoms with Gasteiger partial charge in [0.15, 0.2) is 0 Å². The maximum atomic E-state index is 8.56. The van der Waals surface area contributed by atoms with E-state index in [1.807, 2.05) is 0 Å². The largest absolute Gasteiger partial charge is 3.00 e. The quantitative estimate of drug-likeness (QED) is 0.196. The predicted octanol–water partition coefficient (Wildman–Crippen LogP) is -4.89. The molecule has 0 aliphatic rings. The molecule has 21 heteroatoms. The van der Waals surface area contributed by atoms with Crippen molar-refractivity contribution < 1.29 is 83.4 Å². The number of carbonyl (C=O) groups is 3. The van der Waals surface area contributed by atoms with E-state index in [4.69, 9.17) is 45.0 Å². The molecule has 16 nitrogen and oxygen atoms in total. The molecule has 24 heavy (non-hydrogen) atoms. The average Bonchev–Trinajstić information content (AvgIpc) is 1.54. The van der Waals surface area contributed by atoms with Gasteiger partial charge in [0.1, 0.15) is 0 Å². The van der Waals surface area contributed by atoms with Gasteiger partial charge in [-0.15, -0.1) is 0 Å². The van der Waals surface area contributed by atoms with Gasteiger partial charge in [0.05, 0.1) is 0 Å². The summed E-state index contributed by atoms with van der Waals surface area (Å²) in [6.45, 7) is 0. The van der Waals surface area contributed by atoms with E-state index < -0.39 is 18.5 Å². The number of hydrogen-bond acceptors (Lipinski definition) is 3. The topological polar surface area (TPSA) is 384 Å². The van der Waals surface area contributed by atoms with E-state index in [0.717, 1.165) is 0 Å². The van der Waals surface area contributed by atoms with Gasteiger partial charge in [0.2, 0.25) is 0 Å². The summed E-state index contributed by atoms with van der Waals surface area (Å²) < 4.78 is 0. The standard InChI is InChI=1S/3CH2O3.5Al.4H2O.3O/c3*2-1(3)4;;;;;;;;;;;;/h3*(H2,2,3,4);;;;;;4*1H2;;;/q;;;5*+3;;;;;3*-2. The second kappa shape index (κ2) is 135. The van der Waals surface area contributed by atoms with E-state index in [2.05, 4.69) is 0 Å². The Bertz CT molecular complexity index is 127. The summed E-state index contributed by atoms with van der Waals surface area (Å²) in [4.78, 5) is 25.7. The molecule has 0 aromatic carbocycles. The van der Waals surface area contributed by atoms with Crippen molar-refractivity contribution >= 4 is 105 Å². The molecule has 0 heterocycles. The van der Waals surface area contributed by atoms with Crippen LogP contribution in [0.5, 0.6) is 0 Å². The summed E-state index contributed by atoms with van der Waals surface area (Å²) in [7, 11) is 0. The maximum absolute atomic E-state index is 8.56. The second-order valence-electron chi connectivity index (χ2n) is 0.848. The zero-order valence-electron chi connectivity index (χ0n) is 11.5. The Morgan fingerprint density at radius 2 is 0.375 bits per heavy atom. The molecule has 0 aromatic heterocycles. The van der Waals surface area contributed by atoms with Crippen molar-refractivity contribution in [2.75, 3.05) is 0 Å². The molecule has 0 amide bonds. The van der Waals surface area contributed by atoms with Crippen LogP contribution < -0.4 is 0 Å². The molecule has 0 bridgehead atoms. The van der Waals surface area contributed by atoms with Crippen LogP contribution in [0.15, 0.2) is 0 Å². The molecular weight excluding hydrogens is 427 g/mol. The first-order valence-corrected chi connectivity index (χ1v) is 1.95. The van der Waals surface area contributed by atoms with E-state index in [1.165, 1.54) is 0 Å². The molecule has 0 aliphatic heterocycles. The van der Waals surface area contributed by atoms with Crippen LogP contribution >= 0.6 is 0 Å². The fraction of sp³-hybridized carbons (Fsp3) is 0. The van der Waals surface area contributed by atoms with Crippen LogP contribution in [0.25, 0.3) is 0 Å². The summed E-state index contributed by atoms with van der Waals surface area (Å²) >= 11 is 0. The molecule has 0 saturated carbocycles. The molecule has 0 fully saturated rings. The Balaban J connectivity index is -0.00000000312. The molecule has 0 rings (SSSR count). The van der Waals surface area contributed by atoms with Gasteiger partial charge in [0, 0.05) is 0 Å². The number of carboxylic acid groups (broad SMARTS) is 6. The fourth-order valence-electron chi connectivity index (χ4n) is 0. The predicted molar refractivity (Wildman–Crippen MR) is 77.2 cm³/mol. The monoisotopic (exact) mass is 441 g/mol. The van der Waals surface area contributed by atoms with E-state index in [9.17, 15) is 0 Å². The minimum Gasteiger partial charge on any atom is -2.00 e. The molecule has 14 N–H and O–H groups in total. The smallest absolute Gasteiger partial charge is 2.00 e. The van der Waals surface area contributed by atoms with Crippen LogP contribution in [0.4, 0.5) is 14.4 Å². The Kier molecular flexibility index (Phi) is 867. The first-order chi connectivity index (χ1) is 5.20. The van der Waals surface area contributed by atoms with E-state index in [0.29, 0.717) is 0 Å². The van der Waals surface area contributed by atoms with Gasteiger partial charge in [-0.25, -0.2) is 14.4 Å². The van der Waals surface area contributed by atoms with Crippen molar-refractivity contribution in [1.82, 2.24) is 0 Å². The number of hydrogen-bond donors (Lipinski definition) is 6. The Hall–Kier alpha value is 0.192. The van der Waals surface area contributed by atoms with Crippen LogP contribution in [0.2, 0.25) is 0 Å². The van der Waals surface area contributed by atoms with Crippen LogP contribution in [0.1, 0.15) is 0 Å². The van der Waals surface area contributed by atoms with Crippen LogP contribution in [-0.2, 0) is 16.4 Å². The van der Waals surface area contributed by atoms with Gasteiger partial charge in [-0.3, -0.25) is 0 Å². The van der Waals surface area contributed by atoms with Crippen LogP contribution in [0.3, 0.4) is 0 Å². The Labute approximate surface area is 187 Å². The second-order valence-corrected chi connectivity index (χ2v) is 0.848. The van der Waals surface area contributed by atoms with E-state index in [-0.39, 0.29) is 125 Å². The Morgan fingerprint density at radius 1 is 0.375 bits per heavy atom. The zero-order valence-corrected chi connectivity index (χ0v) is 17.3. The average molecular weight is 441 g/mol. The van der Waals surface area contributed by atoms with Crippen molar-refractivity contribution in [2.24, 2.45) is 0 Å². The van der Waals surface area contributed by atoms with E-state index >= 15 is 0 Å². The normalized spacial score (nSPS) is 3.00. The summed E-state index contributed by atoms with van der Waals surface area (Å²) in [6, 6.07) is 0. The van der Waals surface area contributed by atoms with Crippen molar-refractivity contribution in [3.05, 3.63) is 0 Å². The molecule has 0 aromatic rings. The molecule has 128 valence electrons. The van der Waals surface area contributed by atoms with Gasteiger partial charge >= 0.3 is 105 Å². The first kappa shape index (κ1) is 154. The van der Waals surface area contributed by atoms with Gasteiger partial charge in [0.25, 0.3) is 0 Å². The summed E-state index contributed by atoms with van der Waals surface area (Å²) in [6.07, 6.45) is -5.50. The maximum Gasteiger partial charge on any atom is 3.00 e. The zero-order chi connectivity index (χ0) is 10.7. The van der Waals surface area contributed by atoms with Gasteiger partial charge in [-0.05, 0) is 0 Å². The SMILES string of the molecule is O.O.O.O.O=C(O)O.O=C(O)O.O=C(O)O.[Al+3].[Al+3].[Al+3].[Al+3].[Al+3].[O-2].[O-2].[O-2]. The summed E-state index contributed by atoms with van der Waals surface area (Å²) in [5.41, 5.74) is 0. The van der Waals surface area contributed by atoms with Crippen molar-refractivity contribution in [3.63, 3.8) is 0 Å². The first-order valence-electron chi connectivity index (χ1n) is 1.95. The molecular formula is C3H14Al5O16+9. The van der Waals surface area contributed by atoms with Crippen molar-refractivity contribution in [1.29, 1.82) is 0 Å². The third-order valence-electron chi connectivity index (χ3n) is 0. The molecule has 0 radical (unpaired) electrons. The van der Waals surface area contributed by atoms with Crippen LogP contribution in [-0.4, -0.2) is 158 Å². The molecule has 0 aliphatic carbocycles.